The lowest BCUT2D eigenvalue weighted by Crippen LogP contribution is -2.26. The molecule has 7 heteroatoms. The molecule has 0 N–H and O–H groups in total. The summed E-state index contributed by atoms with van der Waals surface area (Å²) >= 11 is 3.37. The molecule has 0 saturated heterocycles. The summed E-state index contributed by atoms with van der Waals surface area (Å²) in [6, 6.07) is 16.1. The Morgan fingerprint density at radius 2 is 1.80 bits per heavy atom. The Bertz CT molecular complexity index is 984. The maximum atomic E-state index is 13.3. The van der Waals surface area contributed by atoms with Gasteiger partial charge >= 0.3 is 0 Å². The fourth-order valence-corrected chi connectivity index (χ4v) is 3.78. The van der Waals surface area contributed by atoms with E-state index in [1.165, 1.54) is 25.2 Å². The van der Waals surface area contributed by atoms with Crippen LogP contribution in [0.25, 0.3) is 11.3 Å². The molecule has 4 nitrogen and oxygen atoms in total. The average molecular weight is 424 g/mol. The minimum absolute atomic E-state index is 0.0510. The van der Waals surface area contributed by atoms with Crippen LogP contribution in [-0.4, -0.2) is 19.8 Å². The van der Waals surface area contributed by atoms with Crippen LogP contribution in [0.15, 0.2) is 74.4 Å². The molecule has 1 aromatic heterocycles. The summed E-state index contributed by atoms with van der Waals surface area (Å²) in [7, 11) is -2.36. The maximum Gasteiger partial charge on any atom is 0.243 e. The number of benzene rings is 2. The Labute approximate surface area is 154 Å². The van der Waals surface area contributed by atoms with Gasteiger partial charge in [-0.05, 0) is 42.5 Å². The summed E-state index contributed by atoms with van der Waals surface area (Å²) in [6.45, 7) is 0.0510. The second-order valence-electron chi connectivity index (χ2n) is 5.49. The van der Waals surface area contributed by atoms with Crippen LogP contribution < -0.4 is 0 Å². The van der Waals surface area contributed by atoms with Crippen LogP contribution in [0.3, 0.4) is 0 Å². The highest BCUT2D eigenvalue weighted by molar-refractivity contribution is 9.10. The zero-order valence-electron chi connectivity index (χ0n) is 13.3. The third-order valence-corrected chi connectivity index (χ3v) is 6.00. The summed E-state index contributed by atoms with van der Waals surface area (Å²) in [5.74, 6) is 0.560. The van der Waals surface area contributed by atoms with E-state index in [0.717, 1.165) is 20.4 Å². The van der Waals surface area contributed by atoms with Crippen LogP contribution >= 0.6 is 15.9 Å². The Hall–Kier alpha value is -1.96. The van der Waals surface area contributed by atoms with Gasteiger partial charge in [-0.1, -0.05) is 34.1 Å². The van der Waals surface area contributed by atoms with E-state index in [-0.39, 0.29) is 11.4 Å². The number of sulfonamides is 1. The quantitative estimate of drug-likeness (QED) is 0.598. The first-order chi connectivity index (χ1) is 11.9. The third kappa shape index (κ3) is 4.00. The average Bonchev–Trinajstić information content (AvgIpc) is 3.04. The maximum absolute atomic E-state index is 13.3. The first-order valence-electron chi connectivity index (χ1n) is 7.43. The molecule has 0 aliphatic heterocycles. The van der Waals surface area contributed by atoms with Gasteiger partial charge in [-0.2, -0.15) is 4.31 Å². The summed E-state index contributed by atoms with van der Waals surface area (Å²) in [5, 5.41) is 0. The fourth-order valence-electron chi connectivity index (χ4n) is 2.34. The smallest absolute Gasteiger partial charge is 0.243 e. The van der Waals surface area contributed by atoms with Gasteiger partial charge in [-0.25, -0.2) is 12.8 Å². The Morgan fingerprint density at radius 3 is 2.48 bits per heavy atom. The van der Waals surface area contributed by atoms with Gasteiger partial charge in [0.1, 0.15) is 17.3 Å². The van der Waals surface area contributed by atoms with E-state index in [0.29, 0.717) is 11.5 Å². The summed E-state index contributed by atoms with van der Waals surface area (Å²) in [5.41, 5.74) is 0.894. The van der Waals surface area contributed by atoms with Crippen LogP contribution in [0.2, 0.25) is 0 Å². The van der Waals surface area contributed by atoms with Crippen molar-refractivity contribution < 1.29 is 17.2 Å². The van der Waals surface area contributed by atoms with Crippen molar-refractivity contribution in [1.29, 1.82) is 0 Å². The van der Waals surface area contributed by atoms with Gasteiger partial charge < -0.3 is 4.42 Å². The van der Waals surface area contributed by atoms with E-state index >= 15 is 0 Å². The Kier molecular flexibility index (Phi) is 5.08. The molecule has 0 spiro atoms. The highest BCUT2D eigenvalue weighted by Gasteiger charge is 2.22. The minimum Gasteiger partial charge on any atom is -0.460 e. The molecule has 0 saturated carbocycles. The van der Waals surface area contributed by atoms with Crippen molar-refractivity contribution in [1.82, 2.24) is 4.31 Å². The van der Waals surface area contributed by atoms with E-state index in [1.807, 2.05) is 24.3 Å². The van der Waals surface area contributed by atoms with Gasteiger partial charge in [-0.3, -0.25) is 0 Å². The fraction of sp³-hybridized carbons (Fsp3) is 0.111. The first-order valence-corrected chi connectivity index (χ1v) is 9.66. The van der Waals surface area contributed by atoms with Crippen LogP contribution in [0.1, 0.15) is 5.76 Å². The molecule has 0 amide bonds. The number of furan rings is 1. The van der Waals surface area contributed by atoms with Crippen LogP contribution in [0.4, 0.5) is 4.39 Å². The van der Waals surface area contributed by atoms with Crippen molar-refractivity contribution in [2.24, 2.45) is 0 Å². The molecule has 0 bridgehead atoms. The lowest BCUT2D eigenvalue weighted by molar-refractivity contribution is 0.410. The molecule has 2 aromatic carbocycles. The van der Waals surface area contributed by atoms with Crippen LogP contribution in [0.5, 0.6) is 0 Å². The van der Waals surface area contributed by atoms with E-state index in [2.05, 4.69) is 15.9 Å². The number of hydrogen-bond acceptors (Lipinski definition) is 3. The van der Waals surface area contributed by atoms with Gasteiger partial charge in [0.25, 0.3) is 0 Å². The van der Waals surface area contributed by atoms with Crippen molar-refractivity contribution in [3.05, 3.63) is 76.7 Å². The molecule has 0 fully saturated rings. The normalized spacial score (nSPS) is 11.8. The Morgan fingerprint density at radius 1 is 1.08 bits per heavy atom. The largest absolute Gasteiger partial charge is 0.460 e. The van der Waals surface area contributed by atoms with Crippen molar-refractivity contribution in [3.63, 3.8) is 0 Å². The predicted octanol–water partition coefficient (Wildman–Crippen LogP) is 4.67. The van der Waals surface area contributed by atoms with Crippen LogP contribution in [-0.2, 0) is 16.6 Å². The van der Waals surface area contributed by atoms with Gasteiger partial charge in [-0.15, -0.1) is 0 Å². The zero-order valence-corrected chi connectivity index (χ0v) is 15.7. The van der Waals surface area contributed by atoms with Gasteiger partial charge in [0, 0.05) is 17.1 Å². The number of rotatable bonds is 5. The minimum atomic E-state index is -3.79. The number of hydrogen-bond donors (Lipinski definition) is 0. The third-order valence-electron chi connectivity index (χ3n) is 3.67. The molecule has 3 rings (SSSR count). The molecule has 3 aromatic rings. The second kappa shape index (κ2) is 7.11. The summed E-state index contributed by atoms with van der Waals surface area (Å²) < 4.78 is 46.2. The standard InChI is InChI=1S/C18H15BrFNO3S/c1-21(25(22,23)17-4-2-3-15(20)11-17)12-16-9-10-18(24-16)13-5-7-14(19)8-6-13/h2-11H,12H2,1H3. The molecule has 0 aliphatic carbocycles. The lowest BCUT2D eigenvalue weighted by Gasteiger charge is -2.16. The summed E-state index contributed by atoms with van der Waals surface area (Å²) in [4.78, 5) is -0.0883. The lowest BCUT2D eigenvalue weighted by atomic mass is 10.2. The predicted molar refractivity (Wildman–Crippen MR) is 96.9 cm³/mol. The highest BCUT2D eigenvalue weighted by atomic mass is 79.9. The highest BCUT2D eigenvalue weighted by Crippen LogP contribution is 2.25. The molecule has 130 valence electrons. The topological polar surface area (TPSA) is 50.5 Å². The molecular formula is C18H15BrFNO3S. The molecule has 25 heavy (non-hydrogen) atoms. The number of halogens is 2. The van der Waals surface area contributed by atoms with Crippen molar-refractivity contribution in [3.8, 4) is 11.3 Å². The van der Waals surface area contributed by atoms with Crippen molar-refractivity contribution in [2.45, 2.75) is 11.4 Å². The molecule has 0 unspecified atom stereocenters. The van der Waals surface area contributed by atoms with Crippen molar-refractivity contribution >= 4 is 26.0 Å². The molecule has 0 aliphatic rings. The van der Waals surface area contributed by atoms with E-state index in [9.17, 15) is 12.8 Å². The monoisotopic (exact) mass is 423 g/mol. The first kappa shape index (κ1) is 17.8. The van der Waals surface area contributed by atoms with Gasteiger partial charge in [0.05, 0.1) is 11.4 Å². The van der Waals surface area contributed by atoms with Crippen LogP contribution in [0, 0.1) is 5.82 Å². The zero-order chi connectivity index (χ0) is 18.0. The second-order valence-corrected chi connectivity index (χ2v) is 8.45. The van der Waals surface area contributed by atoms with E-state index in [4.69, 9.17) is 4.42 Å². The van der Waals surface area contributed by atoms with E-state index < -0.39 is 15.8 Å². The summed E-state index contributed by atoms with van der Waals surface area (Å²) in [6.07, 6.45) is 0. The number of nitrogens with zero attached hydrogens (tertiary/aromatic N) is 1. The molecule has 0 atom stereocenters. The molecular weight excluding hydrogens is 409 g/mol. The van der Waals surface area contributed by atoms with Gasteiger partial charge in [0.15, 0.2) is 0 Å². The van der Waals surface area contributed by atoms with Crippen molar-refractivity contribution in [2.75, 3.05) is 7.05 Å². The SMILES string of the molecule is CN(Cc1ccc(-c2ccc(Br)cc2)o1)S(=O)(=O)c1cccc(F)c1. The van der Waals surface area contributed by atoms with Gasteiger partial charge in [0.2, 0.25) is 10.0 Å². The molecule has 0 radical (unpaired) electrons. The Balaban J connectivity index is 1.79. The van der Waals surface area contributed by atoms with E-state index in [1.54, 1.807) is 12.1 Å². The molecule has 1 heterocycles.